The molecule has 0 bridgehead atoms. The minimum absolute atomic E-state index is 0.563. The van der Waals surface area contributed by atoms with E-state index < -0.39 is 0 Å². The van der Waals surface area contributed by atoms with Crippen molar-refractivity contribution in [2.75, 3.05) is 4.90 Å². The lowest BCUT2D eigenvalue weighted by Crippen LogP contribution is -2.11. The van der Waals surface area contributed by atoms with Crippen LogP contribution in [0.25, 0.3) is 83.6 Å². The molecule has 0 amide bonds. The van der Waals surface area contributed by atoms with Crippen LogP contribution in [0.1, 0.15) is 0 Å². The second kappa shape index (κ2) is 14.2. The summed E-state index contributed by atoms with van der Waals surface area (Å²) in [6.45, 7) is 0. The fourth-order valence-corrected chi connectivity index (χ4v) is 8.78. The van der Waals surface area contributed by atoms with Crippen LogP contribution < -0.4 is 9.64 Å². The molecule has 61 heavy (non-hydrogen) atoms. The molecule has 0 saturated carbocycles. The predicted octanol–water partition coefficient (Wildman–Crippen LogP) is 14.4. The third-order valence-electron chi connectivity index (χ3n) is 11.6. The van der Waals surface area contributed by atoms with E-state index in [1.165, 1.54) is 16.2 Å². The molecule has 0 aliphatic carbocycles. The summed E-state index contributed by atoms with van der Waals surface area (Å²) in [6, 6.07) is 73.8. The number of anilines is 3. The number of ether oxygens (including phenoxy) is 1. The third kappa shape index (κ3) is 5.92. The van der Waals surface area contributed by atoms with Crippen LogP contribution in [-0.2, 0) is 0 Å². The van der Waals surface area contributed by atoms with Crippen molar-refractivity contribution in [1.82, 2.24) is 19.5 Å². The van der Waals surface area contributed by atoms with E-state index in [0.29, 0.717) is 17.5 Å². The highest BCUT2D eigenvalue weighted by molar-refractivity contribution is 6.23. The summed E-state index contributed by atoms with van der Waals surface area (Å²) in [7, 11) is 0. The van der Waals surface area contributed by atoms with Crippen LogP contribution in [0.15, 0.2) is 212 Å². The summed E-state index contributed by atoms with van der Waals surface area (Å²) in [5.74, 6) is 3.25. The summed E-state index contributed by atoms with van der Waals surface area (Å²) >= 11 is 0. The Morgan fingerprint density at radius 3 is 1.66 bits per heavy atom. The molecule has 12 rings (SSSR count). The average molecular weight is 782 g/mol. The van der Waals surface area contributed by atoms with Crippen LogP contribution in [-0.4, -0.2) is 19.5 Å². The minimum Gasteiger partial charge on any atom is -0.453 e. The normalized spacial score (nSPS) is 11.7. The summed E-state index contributed by atoms with van der Waals surface area (Å²) in [6.07, 6.45) is 0. The van der Waals surface area contributed by atoms with Crippen molar-refractivity contribution in [2.45, 2.75) is 0 Å². The Morgan fingerprint density at radius 1 is 0.377 bits per heavy atom. The van der Waals surface area contributed by atoms with Gasteiger partial charge in [-0.15, -0.1) is 0 Å². The van der Waals surface area contributed by atoms with Gasteiger partial charge in [0, 0.05) is 44.9 Å². The fourth-order valence-electron chi connectivity index (χ4n) is 8.78. The Balaban J connectivity index is 1.06. The first-order valence-corrected chi connectivity index (χ1v) is 20.4. The van der Waals surface area contributed by atoms with Crippen molar-refractivity contribution in [3.8, 4) is 62.5 Å². The first-order chi connectivity index (χ1) is 30.2. The van der Waals surface area contributed by atoms with E-state index in [1.807, 2.05) is 36.4 Å². The van der Waals surface area contributed by atoms with Crippen molar-refractivity contribution in [3.05, 3.63) is 212 Å². The maximum absolute atomic E-state index is 7.09. The Kier molecular flexibility index (Phi) is 8.06. The van der Waals surface area contributed by atoms with Gasteiger partial charge in [0.1, 0.15) is 0 Å². The highest BCUT2D eigenvalue weighted by Gasteiger charge is 2.28. The Morgan fingerprint density at radius 2 is 0.951 bits per heavy atom. The Hall–Kier alpha value is -8.35. The number of hydrogen-bond acceptors (Lipinski definition) is 5. The molecule has 11 aromatic rings. The quantitative estimate of drug-likeness (QED) is 0.161. The van der Waals surface area contributed by atoms with Gasteiger partial charge in [-0.3, -0.25) is 0 Å². The Bertz CT molecular complexity index is 3400. The summed E-state index contributed by atoms with van der Waals surface area (Å²) in [5, 5.41) is 4.69. The second-order valence-electron chi connectivity index (χ2n) is 15.3. The van der Waals surface area contributed by atoms with Crippen molar-refractivity contribution < 1.29 is 4.74 Å². The molecule has 0 radical (unpaired) electrons. The number of hydrogen-bond donors (Lipinski definition) is 0. The van der Waals surface area contributed by atoms with Gasteiger partial charge in [-0.2, -0.15) is 0 Å². The highest BCUT2D eigenvalue weighted by Crippen LogP contribution is 2.50. The zero-order valence-corrected chi connectivity index (χ0v) is 32.9. The van der Waals surface area contributed by atoms with Crippen LogP contribution in [0.4, 0.5) is 17.1 Å². The molecule has 0 fully saturated rings. The number of fused-ring (bicyclic) bond motifs is 7. The highest BCUT2D eigenvalue weighted by atomic mass is 16.5. The van der Waals surface area contributed by atoms with Gasteiger partial charge in [-0.1, -0.05) is 146 Å². The van der Waals surface area contributed by atoms with Crippen molar-refractivity contribution in [2.24, 2.45) is 0 Å². The molecule has 6 nitrogen and oxygen atoms in total. The van der Waals surface area contributed by atoms with Gasteiger partial charge in [0.2, 0.25) is 0 Å². The van der Waals surface area contributed by atoms with Gasteiger partial charge in [0.25, 0.3) is 0 Å². The van der Waals surface area contributed by atoms with Gasteiger partial charge < -0.3 is 14.2 Å². The van der Waals surface area contributed by atoms with Crippen LogP contribution in [0.2, 0.25) is 0 Å². The molecule has 3 heterocycles. The Labute approximate surface area is 352 Å². The van der Waals surface area contributed by atoms with Crippen molar-refractivity contribution in [3.63, 3.8) is 0 Å². The fraction of sp³-hybridized carbons (Fsp3) is 0. The molecule has 0 spiro atoms. The molecule has 0 saturated heterocycles. The largest absolute Gasteiger partial charge is 0.453 e. The SMILES string of the molecule is c1ccc(-c2cccc(-c3nc(-c4ccccc4)nc(-c4ccc5c(c4)Oc4cc(N(c6ccccc6)c6ccccc6)cc6c7c8ccccc8ccc7n-5c46)n3)c2)cc1. The molecular formula is C55H35N5O. The van der Waals surface area contributed by atoms with E-state index in [-0.39, 0.29) is 0 Å². The number of nitrogens with zero attached hydrogens (tertiary/aromatic N) is 5. The van der Waals surface area contributed by atoms with E-state index >= 15 is 0 Å². The monoisotopic (exact) mass is 781 g/mol. The number of rotatable bonds is 7. The lowest BCUT2D eigenvalue weighted by Gasteiger charge is -2.27. The number of para-hydroxylation sites is 2. The van der Waals surface area contributed by atoms with E-state index in [2.05, 4.69) is 185 Å². The topological polar surface area (TPSA) is 56.1 Å². The van der Waals surface area contributed by atoms with Gasteiger partial charge in [0.15, 0.2) is 29.0 Å². The van der Waals surface area contributed by atoms with E-state index in [9.17, 15) is 0 Å². The smallest absolute Gasteiger partial charge is 0.164 e. The summed E-state index contributed by atoms with van der Waals surface area (Å²) in [4.78, 5) is 17.6. The van der Waals surface area contributed by atoms with Crippen molar-refractivity contribution in [1.29, 1.82) is 0 Å². The summed E-state index contributed by atoms with van der Waals surface area (Å²) < 4.78 is 9.45. The first kappa shape index (κ1) is 34.7. The lowest BCUT2D eigenvalue weighted by molar-refractivity contribution is 0.476. The van der Waals surface area contributed by atoms with Crippen LogP contribution in [0.3, 0.4) is 0 Å². The maximum atomic E-state index is 7.09. The van der Waals surface area contributed by atoms with E-state index in [1.54, 1.807) is 0 Å². The molecule has 1 aliphatic heterocycles. The van der Waals surface area contributed by atoms with Gasteiger partial charge in [0.05, 0.1) is 22.4 Å². The number of aromatic nitrogens is 4. The number of benzene rings is 9. The second-order valence-corrected chi connectivity index (χ2v) is 15.3. The standard InChI is InChI=1S/C55H35N5O/c1-5-16-36(17-6-1)39-21-15-22-40(32-39)54-56-53(38-19-7-2-8-20-38)57-55(58-54)41-29-30-47-49(33-41)61-50-35-44(59(42-23-9-3-10-24-42)43-25-11-4-12-26-43)34-46-51-45-27-14-13-18-37(45)28-31-48(51)60(47)52(46)50/h1-35H. The van der Waals surface area contributed by atoms with Crippen LogP contribution in [0, 0.1) is 0 Å². The zero-order chi connectivity index (χ0) is 40.3. The van der Waals surface area contributed by atoms with Crippen LogP contribution in [0.5, 0.6) is 11.5 Å². The van der Waals surface area contributed by atoms with E-state index in [0.717, 1.165) is 78.5 Å². The molecule has 286 valence electrons. The van der Waals surface area contributed by atoms with Gasteiger partial charge >= 0.3 is 0 Å². The summed E-state index contributed by atoms with van der Waals surface area (Å²) in [5.41, 5.74) is 11.1. The van der Waals surface area contributed by atoms with Gasteiger partial charge in [-0.05, 0) is 82.6 Å². The molecule has 0 unspecified atom stereocenters. The average Bonchev–Trinajstić information content (AvgIpc) is 3.68. The lowest BCUT2D eigenvalue weighted by atomic mass is 10.0. The molecule has 2 aromatic heterocycles. The molecule has 1 aliphatic rings. The molecule has 9 aromatic carbocycles. The minimum atomic E-state index is 0.563. The third-order valence-corrected chi connectivity index (χ3v) is 11.6. The molecule has 0 N–H and O–H groups in total. The molecule has 0 atom stereocenters. The molecular weight excluding hydrogens is 747 g/mol. The zero-order valence-electron chi connectivity index (χ0n) is 32.9. The van der Waals surface area contributed by atoms with Gasteiger partial charge in [-0.25, -0.2) is 15.0 Å². The van der Waals surface area contributed by atoms with Crippen molar-refractivity contribution >= 4 is 49.6 Å². The van der Waals surface area contributed by atoms with Crippen LogP contribution >= 0.6 is 0 Å². The first-order valence-electron chi connectivity index (χ1n) is 20.4. The molecule has 6 heteroatoms. The van der Waals surface area contributed by atoms with E-state index in [4.69, 9.17) is 19.7 Å². The maximum Gasteiger partial charge on any atom is 0.164 e. The predicted molar refractivity (Wildman–Crippen MR) is 248 cm³/mol.